The van der Waals surface area contributed by atoms with Crippen molar-refractivity contribution in [2.75, 3.05) is 0 Å². The van der Waals surface area contributed by atoms with Crippen LogP contribution in [0.15, 0.2) is 48.5 Å². The molecule has 88 valence electrons. The third kappa shape index (κ3) is 3.14. The molecule has 2 rings (SSSR count). The van der Waals surface area contributed by atoms with Crippen LogP contribution in [0, 0.1) is 12.7 Å². The summed E-state index contributed by atoms with van der Waals surface area (Å²) in [5.41, 5.74) is 9.31. The van der Waals surface area contributed by atoms with Crippen LogP contribution in [0.2, 0.25) is 0 Å². The van der Waals surface area contributed by atoms with Gasteiger partial charge in [0.1, 0.15) is 5.82 Å². The molecule has 0 heterocycles. The van der Waals surface area contributed by atoms with E-state index in [4.69, 9.17) is 5.73 Å². The fraction of sp³-hybridized carbons (Fsp3) is 0.200. The molecular weight excluding hydrogens is 213 g/mol. The molecule has 0 aliphatic carbocycles. The van der Waals surface area contributed by atoms with E-state index >= 15 is 0 Å². The zero-order valence-electron chi connectivity index (χ0n) is 9.86. The molecule has 0 spiro atoms. The predicted molar refractivity (Wildman–Crippen MR) is 68.2 cm³/mol. The summed E-state index contributed by atoms with van der Waals surface area (Å²) in [6.07, 6.45) is 0.726. The molecule has 1 nitrogen and oxygen atoms in total. The first kappa shape index (κ1) is 11.8. The lowest BCUT2D eigenvalue weighted by Crippen LogP contribution is -2.13. The lowest BCUT2D eigenvalue weighted by Gasteiger charge is -2.12. The summed E-state index contributed by atoms with van der Waals surface area (Å²) >= 11 is 0. The molecule has 0 aliphatic rings. The second kappa shape index (κ2) is 5.11. The molecule has 0 aromatic heterocycles. The van der Waals surface area contributed by atoms with Crippen molar-refractivity contribution in [3.05, 3.63) is 71.0 Å². The molecule has 17 heavy (non-hydrogen) atoms. The van der Waals surface area contributed by atoms with Gasteiger partial charge in [-0.1, -0.05) is 42.0 Å². The van der Waals surface area contributed by atoms with Crippen molar-refractivity contribution < 1.29 is 4.39 Å². The van der Waals surface area contributed by atoms with Crippen LogP contribution in [-0.2, 0) is 6.42 Å². The van der Waals surface area contributed by atoms with E-state index in [0.717, 1.165) is 12.0 Å². The Morgan fingerprint density at radius 3 is 2.47 bits per heavy atom. The van der Waals surface area contributed by atoms with Gasteiger partial charge >= 0.3 is 0 Å². The van der Waals surface area contributed by atoms with Gasteiger partial charge in [-0.15, -0.1) is 0 Å². The Morgan fingerprint density at radius 2 is 1.82 bits per heavy atom. The highest BCUT2D eigenvalue weighted by atomic mass is 19.1. The molecule has 0 radical (unpaired) electrons. The molecule has 0 saturated carbocycles. The summed E-state index contributed by atoms with van der Waals surface area (Å²) in [5, 5.41) is 0. The molecule has 1 unspecified atom stereocenters. The monoisotopic (exact) mass is 229 g/mol. The van der Waals surface area contributed by atoms with Crippen molar-refractivity contribution in [3.8, 4) is 0 Å². The van der Waals surface area contributed by atoms with Crippen molar-refractivity contribution in [1.29, 1.82) is 0 Å². The van der Waals surface area contributed by atoms with Gasteiger partial charge in [-0.3, -0.25) is 0 Å². The average Bonchev–Trinajstić information content (AvgIpc) is 2.32. The van der Waals surface area contributed by atoms with Crippen molar-refractivity contribution >= 4 is 0 Å². The predicted octanol–water partition coefficient (Wildman–Crippen LogP) is 3.38. The molecule has 0 saturated heterocycles. The lowest BCUT2D eigenvalue weighted by molar-refractivity contribution is 0.618. The van der Waals surface area contributed by atoms with Crippen LogP contribution in [0.5, 0.6) is 0 Å². The quantitative estimate of drug-likeness (QED) is 0.858. The normalized spacial score (nSPS) is 12.4. The van der Waals surface area contributed by atoms with Crippen LogP contribution in [-0.4, -0.2) is 0 Å². The maximum Gasteiger partial charge on any atom is 0.123 e. The largest absolute Gasteiger partial charge is 0.324 e. The Kier molecular flexibility index (Phi) is 3.55. The van der Waals surface area contributed by atoms with Gasteiger partial charge in [-0.25, -0.2) is 4.39 Å². The molecule has 0 aliphatic heterocycles. The molecule has 2 aromatic carbocycles. The summed E-state index contributed by atoms with van der Waals surface area (Å²) in [5.74, 6) is -0.234. The minimum Gasteiger partial charge on any atom is -0.324 e. The van der Waals surface area contributed by atoms with E-state index < -0.39 is 0 Å². The van der Waals surface area contributed by atoms with Crippen LogP contribution < -0.4 is 5.73 Å². The smallest absolute Gasteiger partial charge is 0.123 e. The number of hydrogen-bond donors (Lipinski definition) is 1. The Labute approximate surface area is 101 Å². The summed E-state index contributed by atoms with van der Waals surface area (Å²) in [7, 11) is 0. The Bertz CT molecular complexity index is 491. The standard InChI is InChI=1S/C15H16FN/c1-11-5-7-12(8-6-11)9-15(17)13-3-2-4-14(16)10-13/h2-8,10,15H,9,17H2,1H3. The van der Waals surface area contributed by atoms with Gasteiger partial charge in [0.05, 0.1) is 0 Å². The summed E-state index contributed by atoms with van der Waals surface area (Å²) in [6.45, 7) is 2.05. The molecule has 0 fully saturated rings. The molecule has 0 bridgehead atoms. The zero-order chi connectivity index (χ0) is 12.3. The van der Waals surface area contributed by atoms with E-state index in [1.165, 1.54) is 23.3 Å². The Hall–Kier alpha value is -1.67. The number of benzene rings is 2. The van der Waals surface area contributed by atoms with Crippen LogP contribution >= 0.6 is 0 Å². The van der Waals surface area contributed by atoms with E-state index in [9.17, 15) is 4.39 Å². The molecule has 2 heteroatoms. The van der Waals surface area contributed by atoms with Crippen molar-refractivity contribution in [2.24, 2.45) is 5.73 Å². The minimum absolute atomic E-state index is 0.159. The second-order valence-electron chi connectivity index (χ2n) is 4.35. The van der Waals surface area contributed by atoms with E-state index in [-0.39, 0.29) is 11.9 Å². The first-order valence-electron chi connectivity index (χ1n) is 5.72. The summed E-state index contributed by atoms with van der Waals surface area (Å²) < 4.78 is 13.1. The first-order valence-corrected chi connectivity index (χ1v) is 5.72. The average molecular weight is 229 g/mol. The van der Waals surface area contributed by atoms with Crippen LogP contribution in [0.3, 0.4) is 0 Å². The minimum atomic E-state index is -0.234. The maximum atomic E-state index is 13.1. The van der Waals surface area contributed by atoms with Gasteiger partial charge in [-0.05, 0) is 36.6 Å². The fourth-order valence-electron chi connectivity index (χ4n) is 1.83. The van der Waals surface area contributed by atoms with E-state index in [0.29, 0.717) is 0 Å². The van der Waals surface area contributed by atoms with Gasteiger partial charge in [0.15, 0.2) is 0 Å². The van der Waals surface area contributed by atoms with E-state index in [1.54, 1.807) is 6.07 Å². The highest BCUT2D eigenvalue weighted by molar-refractivity contribution is 5.26. The van der Waals surface area contributed by atoms with Crippen LogP contribution in [0.25, 0.3) is 0 Å². The van der Waals surface area contributed by atoms with Gasteiger partial charge in [0.25, 0.3) is 0 Å². The third-order valence-corrected chi connectivity index (χ3v) is 2.85. The first-order chi connectivity index (χ1) is 8.15. The molecule has 1 atom stereocenters. The van der Waals surface area contributed by atoms with Crippen LogP contribution in [0.1, 0.15) is 22.7 Å². The summed E-state index contributed by atoms with van der Waals surface area (Å²) in [4.78, 5) is 0. The zero-order valence-corrected chi connectivity index (χ0v) is 9.86. The molecule has 2 N–H and O–H groups in total. The van der Waals surface area contributed by atoms with Crippen molar-refractivity contribution in [1.82, 2.24) is 0 Å². The van der Waals surface area contributed by atoms with Gasteiger partial charge in [0, 0.05) is 6.04 Å². The lowest BCUT2D eigenvalue weighted by atomic mass is 9.99. The maximum absolute atomic E-state index is 13.1. The Morgan fingerprint density at radius 1 is 1.12 bits per heavy atom. The number of rotatable bonds is 3. The van der Waals surface area contributed by atoms with E-state index in [1.807, 2.05) is 6.07 Å². The topological polar surface area (TPSA) is 26.0 Å². The van der Waals surface area contributed by atoms with Gasteiger partial charge in [0.2, 0.25) is 0 Å². The van der Waals surface area contributed by atoms with Crippen molar-refractivity contribution in [2.45, 2.75) is 19.4 Å². The number of halogens is 1. The van der Waals surface area contributed by atoms with Gasteiger partial charge in [-0.2, -0.15) is 0 Å². The second-order valence-corrected chi connectivity index (χ2v) is 4.35. The van der Waals surface area contributed by atoms with Crippen LogP contribution in [0.4, 0.5) is 4.39 Å². The highest BCUT2D eigenvalue weighted by Gasteiger charge is 2.07. The third-order valence-electron chi connectivity index (χ3n) is 2.85. The Balaban J connectivity index is 2.11. The highest BCUT2D eigenvalue weighted by Crippen LogP contribution is 2.17. The summed E-state index contributed by atoms with van der Waals surface area (Å²) in [6, 6.07) is 14.6. The molecule has 2 aromatic rings. The van der Waals surface area contributed by atoms with Crippen molar-refractivity contribution in [3.63, 3.8) is 0 Å². The van der Waals surface area contributed by atoms with Gasteiger partial charge < -0.3 is 5.73 Å². The fourth-order valence-corrected chi connectivity index (χ4v) is 1.83. The molecule has 0 amide bonds. The van der Waals surface area contributed by atoms with E-state index in [2.05, 4.69) is 31.2 Å². The number of nitrogens with two attached hydrogens (primary N) is 1. The molecular formula is C15H16FN. The number of hydrogen-bond acceptors (Lipinski definition) is 1. The number of aryl methyl sites for hydroxylation is 1. The SMILES string of the molecule is Cc1ccc(CC(N)c2cccc(F)c2)cc1.